The lowest BCUT2D eigenvalue weighted by Gasteiger charge is -2.00. The lowest BCUT2D eigenvalue weighted by atomic mass is 10.4. The van der Waals surface area contributed by atoms with Gasteiger partial charge in [-0.3, -0.25) is 4.57 Å². The van der Waals surface area contributed by atoms with Gasteiger partial charge < -0.3 is 20.0 Å². The molecule has 6 heteroatoms. The van der Waals surface area contributed by atoms with E-state index in [0.29, 0.717) is 6.26 Å². The maximum Gasteiger partial charge on any atom is 0.326 e. The van der Waals surface area contributed by atoms with Crippen LogP contribution < -0.4 is 0 Å². The third kappa shape index (κ3) is 5.62. The van der Waals surface area contributed by atoms with E-state index in [1.165, 1.54) is 0 Å². The fraction of sp³-hybridized carbons (Fsp3) is 0.500. The van der Waals surface area contributed by atoms with Gasteiger partial charge in [0.1, 0.15) is 12.0 Å². The molecule has 0 rings (SSSR count). The molecule has 0 aromatic rings. The molecule has 10 heavy (non-hydrogen) atoms. The Hall–Kier alpha value is -0.510. The summed E-state index contributed by atoms with van der Waals surface area (Å²) in [6, 6.07) is 0. The van der Waals surface area contributed by atoms with E-state index in [2.05, 4.69) is 0 Å². The quantitative estimate of drug-likeness (QED) is 0.363. The van der Waals surface area contributed by atoms with Crippen molar-refractivity contribution in [3.63, 3.8) is 0 Å². The van der Waals surface area contributed by atoms with Gasteiger partial charge in [0.15, 0.2) is 0 Å². The number of rotatable bonds is 3. The number of aliphatic hydroxyl groups is 2. The lowest BCUT2D eigenvalue weighted by Crippen LogP contribution is -1.90. The Bertz CT molecular complexity index is 168. The molecule has 60 valence electrons. The smallest absolute Gasteiger partial charge is 0.326 e. The van der Waals surface area contributed by atoms with E-state index in [-0.39, 0.29) is 6.42 Å². The van der Waals surface area contributed by atoms with E-state index in [1.807, 2.05) is 0 Å². The van der Waals surface area contributed by atoms with Crippen molar-refractivity contribution in [3.05, 3.63) is 12.0 Å². The Morgan fingerprint density at radius 2 is 2.00 bits per heavy atom. The second-order valence-electron chi connectivity index (χ2n) is 1.76. The van der Waals surface area contributed by atoms with Crippen LogP contribution >= 0.6 is 7.60 Å². The van der Waals surface area contributed by atoms with Crippen LogP contribution in [-0.4, -0.2) is 26.2 Å². The lowest BCUT2D eigenvalue weighted by molar-refractivity contribution is 0.337. The summed E-state index contributed by atoms with van der Waals surface area (Å²) in [6.45, 7) is 0. The summed E-state index contributed by atoms with van der Waals surface area (Å²) in [5.41, 5.74) is 0. The zero-order valence-corrected chi connectivity index (χ0v) is 6.03. The molecule has 0 heterocycles. The van der Waals surface area contributed by atoms with Gasteiger partial charge in [-0.15, -0.1) is 0 Å². The molecule has 0 bridgehead atoms. The zero-order chi connectivity index (χ0) is 8.20. The Morgan fingerprint density at radius 1 is 1.50 bits per heavy atom. The van der Waals surface area contributed by atoms with Gasteiger partial charge in [-0.1, -0.05) is 0 Å². The molecule has 0 aliphatic heterocycles. The molecule has 0 aliphatic carbocycles. The summed E-state index contributed by atoms with van der Waals surface area (Å²) < 4.78 is 10.1. The van der Waals surface area contributed by atoms with Crippen LogP contribution in [0.25, 0.3) is 0 Å². The van der Waals surface area contributed by atoms with Gasteiger partial charge in [-0.05, 0) is 0 Å². The van der Waals surface area contributed by atoms with Crippen LogP contribution in [0.4, 0.5) is 0 Å². The Labute approximate surface area is 57.8 Å². The fourth-order valence-electron chi connectivity index (χ4n) is 0.325. The first kappa shape index (κ1) is 9.49. The van der Waals surface area contributed by atoms with Crippen molar-refractivity contribution in [2.75, 3.05) is 6.16 Å². The van der Waals surface area contributed by atoms with Gasteiger partial charge in [0.05, 0.1) is 6.16 Å². The van der Waals surface area contributed by atoms with E-state index >= 15 is 0 Å². The van der Waals surface area contributed by atoms with Gasteiger partial charge in [0.25, 0.3) is 0 Å². The summed E-state index contributed by atoms with van der Waals surface area (Å²) >= 11 is 0. The van der Waals surface area contributed by atoms with E-state index < -0.39 is 19.5 Å². The van der Waals surface area contributed by atoms with Gasteiger partial charge >= 0.3 is 7.60 Å². The largest absolute Gasteiger partial charge is 0.512 e. The molecule has 0 spiro atoms. The highest BCUT2D eigenvalue weighted by atomic mass is 31.2. The molecule has 4 N–H and O–H groups in total. The third-order valence-electron chi connectivity index (χ3n) is 0.808. The van der Waals surface area contributed by atoms with Gasteiger partial charge in [-0.2, -0.15) is 0 Å². The van der Waals surface area contributed by atoms with Crippen molar-refractivity contribution in [1.29, 1.82) is 0 Å². The van der Waals surface area contributed by atoms with E-state index in [0.717, 1.165) is 0 Å². The van der Waals surface area contributed by atoms with E-state index in [4.69, 9.17) is 20.0 Å². The minimum Gasteiger partial charge on any atom is -0.512 e. The van der Waals surface area contributed by atoms with Crippen LogP contribution in [0.1, 0.15) is 6.42 Å². The summed E-state index contributed by atoms with van der Waals surface area (Å²) in [7, 11) is -4.04. The van der Waals surface area contributed by atoms with Crippen molar-refractivity contribution in [3.8, 4) is 0 Å². The minimum atomic E-state index is -4.04. The normalized spacial score (nSPS) is 13.6. The van der Waals surface area contributed by atoms with Crippen LogP contribution in [0.5, 0.6) is 0 Å². The van der Waals surface area contributed by atoms with Gasteiger partial charge in [0, 0.05) is 6.42 Å². The van der Waals surface area contributed by atoms with Crippen molar-refractivity contribution in [2.45, 2.75) is 6.42 Å². The first-order chi connectivity index (χ1) is 4.45. The van der Waals surface area contributed by atoms with Crippen molar-refractivity contribution < 1.29 is 24.6 Å². The van der Waals surface area contributed by atoms with E-state index in [1.54, 1.807) is 0 Å². The highest BCUT2D eigenvalue weighted by Crippen LogP contribution is 2.35. The summed E-state index contributed by atoms with van der Waals surface area (Å²) in [6.07, 6.45) is -0.244. The monoisotopic (exact) mass is 168 g/mol. The average Bonchev–Trinajstić information content (AvgIpc) is 1.81. The molecule has 0 saturated carbocycles. The molecule has 0 fully saturated rings. The van der Waals surface area contributed by atoms with Crippen molar-refractivity contribution in [1.82, 2.24) is 0 Å². The minimum absolute atomic E-state index is 0.208. The molecule has 5 nitrogen and oxygen atoms in total. The highest BCUT2D eigenvalue weighted by Gasteiger charge is 2.12. The molecule has 0 saturated heterocycles. The standard InChI is InChI=1S/C4H9O5P/c5-3-4(6)1-2-10(7,8)9/h3,5-6H,1-2H2,(H2,7,8,9)/b4-3-. The molecule has 0 atom stereocenters. The molecule has 0 amide bonds. The topological polar surface area (TPSA) is 98.0 Å². The SMILES string of the molecule is O=P(O)(O)CC/C(O)=C/O. The predicted octanol–water partition coefficient (Wildman–Crippen LogP) is 0.512. The van der Waals surface area contributed by atoms with Gasteiger partial charge in [-0.25, -0.2) is 0 Å². The second-order valence-corrected chi connectivity index (χ2v) is 3.54. The third-order valence-corrected chi connectivity index (χ3v) is 1.61. The second kappa shape index (κ2) is 3.61. The Kier molecular flexibility index (Phi) is 3.42. The summed E-state index contributed by atoms with van der Waals surface area (Å²) in [4.78, 5) is 16.5. The Balaban J connectivity index is 3.67. The fourth-order valence-corrected chi connectivity index (χ4v) is 0.845. The maximum atomic E-state index is 10.1. The molecular weight excluding hydrogens is 159 g/mol. The molecule has 0 radical (unpaired) electrons. The Morgan fingerprint density at radius 3 is 2.30 bits per heavy atom. The molecule has 0 unspecified atom stereocenters. The van der Waals surface area contributed by atoms with Crippen molar-refractivity contribution >= 4 is 7.60 Å². The van der Waals surface area contributed by atoms with Crippen LogP contribution in [-0.2, 0) is 4.57 Å². The van der Waals surface area contributed by atoms with Crippen molar-refractivity contribution in [2.24, 2.45) is 0 Å². The number of hydrogen-bond acceptors (Lipinski definition) is 3. The number of hydrogen-bond donors (Lipinski definition) is 4. The van der Waals surface area contributed by atoms with Crippen LogP contribution in [0.2, 0.25) is 0 Å². The predicted molar refractivity (Wildman–Crippen MR) is 34.9 cm³/mol. The molecule has 0 aromatic heterocycles. The molecule has 0 aliphatic rings. The number of allylic oxidation sites excluding steroid dienone is 1. The first-order valence-corrected chi connectivity index (χ1v) is 4.32. The zero-order valence-electron chi connectivity index (χ0n) is 5.14. The van der Waals surface area contributed by atoms with Crippen LogP contribution in [0.3, 0.4) is 0 Å². The summed E-state index contributed by atoms with van der Waals surface area (Å²) in [5.74, 6) is -0.427. The first-order valence-electron chi connectivity index (χ1n) is 2.52. The average molecular weight is 168 g/mol. The van der Waals surface area contributed by atoms with Gasteiger partial charge in [0.2, 0.25) is 0 Å². The van der Waals surface area contributed by atoms with Crippen LogP contribution in [0.15, 0.2) is 12.0 Å². The summed E-state index contributed by atoms with van der Waals surface area (Å²) in [5, 5.41) is 16.6. The highest BCUT2D eigenvalue weighted by molar-refractivity contribution is 7.51. The number of aliphatic hydroxyl groups excluding tert-OH is 2. The molecular formula is C4H9O5P. The molecule has 0 aromatic carbocycles. The maximum absolute atomic E-state index is 10.1. The van der Waals surface area contributed by atoms with Crippen LogP contribution in [0, 0.1) is 0 Å². The van der Waals surface area contributed by atoms with E-state index in [9.17, 15) is 4.57 Å².